The SMILES string of the molecule is CC(/C=C\c1ccc2c(c1)C=CC1(O2)N(C)c2ccccc2C1(C)C)=C\C=O. The number of benzene rings is 2. The lowest BCUT2D eigenvalue weighted by atomic mass is 9.76. The summed E-state index contributed by atoms with van der Waals surface area (Å²) in [5.41, 5.74) is 4.81. The molecule has 2 aliphatic heterocycles. The molecule has 4 rings (SSSR count). The third-order valence-electron chi connectivity index (χ3n) is 5.99. The Morgan fingerprint density at radius 3 is 2.68 bits per heavy atom. The molecule has 0 saturated carbocycles. The molecule has 28 heavy (non-hydrogen) atoms. The van der Waals surface area contributed by atoms with E-state index in [-0.39, 0.29) is 5.41 Å². The lowest BCUT2D eigenvalue weighted by Crippen LogP contribution is -2.58. The Morgan fingerprint density at radius 2 is 1.93 bits per heavy atom. The normalized spacial score (nSPS) is 22.3. The van der Waals surface area contributed by atoms with Crippen LogP contribution < -0.4 is 9.64 Å². The maximum atomic E-state index is 10.6. The first-order valence-corrected chi connectivity index (χ1v) is 9.55. The Balaban J connectivity index is 1.70. The molecule has 1 spiro atoms. The van der Waals surface area contributed by atoms with Crippen LogP contribution in [0.15, 0.2) is 66.3 Å². The summed E-state index contributed by atoms with van der Waals surface area (Å²) in [6.45, 7) is 6.39. The van der Waals surface area contributed by atoms with Crippen molar-refractivity contribution in [3.8, 4) is 5.75 Å². The zero-order chi connectivity index (χ0) is 19.9. The largest absolute Gasteiger partial charge is 0.463 e. The predicted octanol–water partition coefficient (Wildman–Crippen LogP) is 5.37. The molecule has 2 heterocycles. The van der Waals surface area contributed by atoms with Gasteiger partial charge in [0, 0.05) is 18.3 Å². The van der Waals surface area contributed by atoms with E-state index < -0.39 is 5.72 Å². The highest BCUT2D eigenvalue weighted by Crippen LogP contribution is 2.54. The van der Waals surface area contributed by atoms with Gasteiger partial charge in [-0.1, -0.05) is 36.4 Å². The van der Waals surface area contributed by atoms with E-state index >= 15 is 0 Å². The Bertz CT molecular complexity index is 1030. The average molecular weight is 371 g/mol. The molecular weight excluding hydrogens is 346 g/mol. The molecule has 0 saturated heterocycles. The summed E-state index contributed by atoms with van der Waals surface area (Å²) in [6.07, 6.45) is 10.7. The van der Waals surface area contributed by atoms with E-state index in [0.29, 0.717) is 0 Å². The maximum Gasteiger partial charge on any atom is 0.211 e. The van der Waals surface area contributed by atoms with Crippen molar-refractivity contribution in [1.82, 2.24) is 0 Å². The second-order valence-corrected chi connectivity index (χ2v) is 8.01. The van der Waals surface area contributed by atoms with Gasteiger partial charge in [0.25, 0.3) is 0 Å². The molecule has 2 aromatic carbocycles. The third-order valence-corrected chi connectivity index (χ3v) is 5.99. The van der Waals surface area contributed by atoms with Crippen LogP contribution in [0.3, 0.4) is 0 Å². The molecule has 2 aliphatic rings. The highest BCUT2D eigenvalue weighted by atomic mass is 16.5. The molecule has 0 fully saturated rings. The van der Waals surface area contributed by atoms with Gasteiger partial charge in [-0.15, -0.1) is 0 Å². The van der Waals surface area contributed by atoms with Crippen molar-refractivity contribution in [2.75, 3.05) is 11.9 Å². The topological polar surface area (TPSA) is 29.5 Å². The maximum absolute atomic E-state index is 10.6. The molecule has 0 bridgehead atoms. The van der Waals surface area contributed by atoms with E-state index in [1.807, 2.05) is 31.2 Å². The lowest BCUT2D eigenvalue weighted by Gasteiger charge is -2.45. The van der Waals surface area contributed by atoms with Crippen LogP contribution in [0.2, 0.25) is 0 Å². The van der Waals surface area contributed by atoms with Crippen LogP contribution in [0.1, 0.15) is 37.5 Å². The van der Waals surface area contributed by atoms with Crippen LogP contribution in [0.5, 0.6) is 5.75 Å². The summed E-state index contributed by atoms with van der Waals surface area (Å²) < 4.78 is 6.67. The summed E-state index contributed by atoms with van der Waals surface area (Å²) in [4.78, 5) is 12.8. The second kappa shape index (κ2) is 6.52. The Kier molecular flexibility index (Phi) is 4.26. The van der Waals surface area contributed by atoms with E-state index in [1.165, 1.54) is 11.3 Å². The van der Waals surface area contributed by atoms with E-state index in [0.717, 1.165) is 28.7 Å². The molecule has 1 atom stereocenters. The first-order valence-electron chi connectivity index (χ1n) is 9.55. The number of carbonyl (C=O) groups excluding carboxylic acids is 1. The molecule has 0 radical (unpaired) electrons. The summed E-state index contributed by atoms with van der Waals surface area (Å²) >= 11 is 0. The number of fused-ring (bicyclic) bond motifs is 2. The zero-order valence-electron chi connectivity index (χ0n) is 16.8. The number of hydrogen-bond donors (Lipinski definition) is 0. The van der Waals surface area contributed by atoms with Crippen molar-refractivity contribution in [3.05, 3.63) is 83.0 Å². The van der Waals surface area contributed by atoms with E-state index in [1.54, 1.807) is 6.08 Å². The molecule has 0 aromatic heterocycles. The average Bonchev–Trinajstić information content (AvgIpc) is 2.85. The van der Waals surface area contributed by atoms with Gasteiger partial charge in [-0.3, -0.25) is 4.79 Å². The summed E-state index contributed by atoms with van der Waals surface area (Å²) in [5, 5.41) is 0. The van der Waals surface area contributed by atoms with Crippen molar-refractivity contribution in [1.29, 1.82) is 0 Å². The molecular formula is C25H25NO2. The number of rotatable bonds is 3. The number of para-hydroxylation sites is 1. The molecule has 142 valence electrons. The smallest absolute Gasteiger partial charge is 0.211 e. The van der Waals surface area contributed by atoms with Crippen LogP contribution in [-0.2, 0) is 10.2 Å². The van der Waals surface area contributed by atoms with E-state index in [9.17, 15) is 4.79 Å². The quantitative estimate of drug-likeness (QED) is 0.412. The number of nitrogens with zero attached hydrogens (tertiary/aromatic N) is 1. The molecule has 2 aromatic rings. The Labute approximate surface area is 166 Å². The minimum Gasteiger partial charge on any atom is -0.463 e. The highest BCUT2D eigenvalue weighted by Gasteiger charge is 2.57. The number of hydrogen-bond acceptors (Lipinski definition) is 3. The fourth-order valence-corrected chi connectivity index (χ4v) is 4.29. The van der Waals surface area contributed by atoms with Gasteiger partial charge in [0.1, 0.15) is 12.0 Å². The molecule has 0 aliphatic carbocycles. The van der Waals surface area contributed by atoms with Crippen LogP contribution in [0, 0.1) is 0 Å². The highest BCUT2D eigenvalue weighted by molar-refractivity contribution is 5.73. The number of allylic oxidation sites excluding steroid dienone is 3. The number of ether oxygens (including phenoxy) is 1. The van der Waals surface area contributed by atoms with Crippen molar-refractivity contribution in [2.24, 2.45) is 0 Å². The van der Waals surface area contributed by atoms with Crippen LogP contribution in [0.4, 0.5) is 5.69 Å². The van der Waals surface area contributed by atoms with Crippen LogP contribution in [0.25, 0.3) is 12.2 Å². The van der Waals surface area contributed by atoms with Gasteiger partial charge in [0.05, 0.1) is 5.41 Å². The summed E-state index contributed by atoms with van der Waals surface area (Å²) in [7, 11) is 2.10. The number of aldehydes is 1. The van der Waals surface area contributed by atoms with Gasteiger partial charge in [-0.2, -0.15) is 0 Å². The van der Waals surface area contributed by atoms with Gasteiger partial charge >= 0.3 is 0 Å². The van der Waals surface area contributed by atoms with Gasteiger partial charge < -0.3 is 9.64 Å². The fourth-order valence-electron chi connectivity index (χ4n) is 4.29. The third kappa shape index (κ3) is 2.62. The van der Waals surface area contributed by atoms with Gasteiger partial charge in [0.15, 0.2) is 0 Å². The summed E-state index contributed by atoms with van der Waals surface area (Å²) in [6, 6.07) is 14.7. The minimum atomic E-state index is -0.551. The Morgan fingerprint density at radius 1 is 1.14 bits per heavy atom. The first kappa shape index (κ1) is 18.3. The molecule has 1 unspecified atom stereocenters. The number of carbonyl (C=O) groups is 1. The van der Waals surface area contributed by atoms with Crippen molar-refractivity contribution < 1.29 is 9.53 Å². The van der Waals surface area contributed by atoms with E-state index in [4.69, 9.17) is 4.74 Å². The zero-order valence-corrected chi connectivity index (χ0v) is 16.8. The number of anilines is 1. The van der Waals surface area contributed by atoms with Gasteiger partial charge in [0.2, 0.25) is 5.72 Å². The van der Waals surface area contributed by atoms with Crippen molar-refractivity contribution in [2.45, 2.75) is 31.9 Å². The Hall–Kier alpha value is -3.07. The van der Waals surface area contributed by atoms with Gasteiger partial charge in [-0.05, 0) is 73.9 Å². The molecule has 3 heteroatoms. The van der Waals surface area contributed by atoms with Crippen LogP contribution >= 0.6 is 0 Å². The van der Waals surface area contributed by atoms with Crippen LogP contribution in [-0.4, -0.2) is 19.1 Å². The lowest BCUT2D eigenvalue weighted by molar-refractivity contribution is -0.104. The molecule has 0 amide bonds. The molecule has 3 nitrogen and oxygen atoms in total. The monoisotopic (exact) mass is 371 g/mol. The molecule has 0 N–H and O–H groups in total. The van der Waals surface area contributed by atoms with Crippen molar-refractivity contribution >= 4 is 24.1 Å². The number of likely N-dealkylation sites (N-methyl/N-ethyl adjacent to an activating group) is 1. The van der Waals surface area contributed by atoms with Crippen molar-refractivity contribution in [3.63, 3.8) is 0 Å². The minimum absolute atomic E-state index is 0.193. The first-order chi connectivity index (χ1) is 13.4. The predicted molar refractivity (Wildman–Crippen MR) is 116 cm³/mol. The second-order valence-electron chi connectivity index (χ2n) is 8.01. The fraction of sp³-hybridized carbons (Fsp3) is 0.240. The standard InChI is InChI=1S/C25H25NO2/c1-18(14-16-27)9-10-19-11-12-23-20(17-19)13-15-25(28-23)24(2,3)21-7-5-6-8-22(21)26(25)4/h5-17H,1-4H3/b10-9-,18-14+. The summed E-state index contributed by atoms with van der Waals surface area (Å²) in [5.74, 6) is 0.882. The van der Waals surface area contributed by atoms with E-state index in [2.05, 4.69) is 68.3 Å². The van der Waals surface area contributed by atoms with Gasteiger partial charge in [-0.25, -0.2) is 0 Å².